The van der Waals surface area contributed by atoms with E-state index in [2.05, 4.69) is 10.2 Å². The van der Waals surface area contributed by atoms with Gasteiger partial charge in [-0.15, -0.1) is 12.4 Å². The molecule has 0 aromatic carbocycles. The number of aromatic amines is 1. The van der Waals surface area contributed by atoms with Crippen LogP contribution in [0.3, 0.4) is 0 Å². The van der Waals surface area contributed by atoms with Crippen molar-refractivity contribution in [3.63, 3.8) is 0 Å². The van der Waals surface area contributed by atoms with Crippen molar-refractivity contribution in [1.82, 2.24) is 10.2 Å². The summed E-state index contributed by atoms with van der Waals surface area (Å²) >= 11 is 0. The predicted octanol–water partition coefficient (Wildman–Crippen LogP) is 1.73. The molecule has 1 atom stereocenters. The van der Waals surface area contributed by atoms with E-state index in [-0.39, 0.29) is 24.3 Å². The van der Waals surface area contributed by atoms with Crippen molar-refractivity contribution >= 4 is 18.4 Å². The molecular formula is C10H15ClN2O2. The molecule has 0 fully saturated rings. The summed E-state index contributed by atoms with van der Waals surface area (Å²) in [5, 5.41) is 7.11. The van der Waals surface area contributed by atoms with Crippen LogP contribution in [-0.2, 0) is 16.0 Å². The van der Waals surface area contributed by atoms with Crippen LogP contribution in [0, 0.1) is 6.92 Å². The van der Waals surface area contributed by atoms with Crippen LogP contribution in [0.5, 0.6) is 0 Å². The Morgan fingerprint density at radius 2 is 2.33 bits per heavy atom. The summed E-state index contributed by atoms with van der Waals surface area (Å²) in [6.45, 7) is 1.99. The number of nitrogens with one attached hydrogen (secondary N) is 1. The molecular weight excluding hydrogens is 216 g/mol. The Bertz CT molecular complexity index is 362. The van der Waals surface area contributed by atoms with Gasteiger partial charge in [0, 0.05) is 5.69 Å². The van der Waals surface area contributed by atoms with Crippen molar-refractivity contribution < 1.29 is 9.53 Å². The smallest absolute Gasteiger partial charge is 0.314 e. The minimum Gasteiger partial charge on any atom is -0.469 e. The molecule has 0 bridgehead atoms. The van der Waals surface area contributed by atoms with Crippen molar-refractivity contribution in [2.24, 2.45) is 0 Å². The lowest BCUT2D eigenvalue weighted by atomic mass is 9.87. The van der Waals surface area contributed by atoms with E-state index in [4.69, 9.17) is 4.74 Å². The zero-order valence-electron chi connectivity index (χ0n) is 8.87. The zero-order valence-corrected chi connectivity index (χ0v) is 9.69. The van der Waals surface area contributed by atoms with Crippen LogP contribution in [0.15, 0.2) is 0 Å². The number of carbonyl (C=O) groups excluding carboxylic acids is 1. The van der Waals surface area contributed by atoms with Crippen LogP contribution in [0.1, 0.15) is 35.7 Å². The van der Waals surface area contributed by atoms with Gasteiger partial charge < -0.3 is 4.74 Å². The SMILES string of the molecule is COC(=O)C1CCCc2c1n[nH]c2C.Cl. The third-order valence-corrected chi connectivity index (χ3v) is 2.84. The van der Waals surface area contributed by atoms with E-state index in [1.807, 2.05) is 6.92 Å². The summed E-state index contributed by atoms with van der Waals surface area (Å²) in [7, 11) is 1.43. The lowest BCUT2D eigenvalue weighted by Crippen LogP contribution is -2.19. The lowest BCUT2D eigenvalue weighted by Gasteiger charge is -2.18. The van der Waals surface area contributed by atoms with Gasteiger partial charge in [-0.3, -0.25) is 9.89 Å². The highest BCUT2D eigenvalue weighted by Gasteiger charge is 2.30. The Hall–Kier alpha value is -1.03. The first-order chi connectivity index (χ1) is 6.74. The summed E-state index contributed by atoms with van der Waals surface area (Å²) in [5.74, 6) is -0.328. The van der Waals surface area contributed by atoms with Gasteiger partial charge >= 0.3 is 5.97 Å². The van der Waals surface area contributed by atoms with Gasteiger partial charge in [-0.25, -0.2) is 0 Å². The van der Waals surface area contributed by atoms with Crippen LogP contribution in [0.4, 0.5) is 0 Å². The Labute approximate surface area is 94.8 Å². The maximum Gasteiger partial charge on any atom is 0.314 e. The molecule has 2 rings (SSSR count). The number of aryl methyl sites for hydroxylation is 1. The average Bonchev–Trinajstić information content (AvgIpc) is 2.59. The standard InChI is InChI=1S/C10H14N2O2.ClH/c1-6-7-4-3-5-8(10(13)14-2)9(7)12-11-6;/h8H,3-5H2,1-2H3,(H,11,12);1H. The number of nitrogens with zero attached hydrogens (tertiary/aromatic N) is 1. The van der Waals surface area contributed by atoms with Crippen molar-refractivity contribution in [3.8, 4) is 0 Å². The fourth-order valence-electron chi connectivity index (χ4n) is 2.07. The molecule has 84 valence electrons. The van der Waals surface area contributed by atoms with E-state index in [1.165, 1.54) is 12.7 Å². The summed E-state index contributed by atoms with van der Waals surface area (Å²) in [6.07, 6.45) is 2.91. The molecule has 1 unspecified atom stereocenters. The number of carbonyl (C=O) groups is 1. The number of H-pyrrole nitrogens is 1. The normalized spacial score (nSPS) is 18.9. The maximum absolute atomic E-state index is 11.5. The fourth-order valence-corrected chi connectivity index (χ4v) is 2.07. The quantitative estimate of drug-likeness (QED) is 0.748. The van der Waals surface area contributed by atoms with Gasteiger partial charge in [0.15, 0.2) is 0 Å². The number of esters is 1. The molecule has 0 amide bonds. The van der Waals surface area contributed by atoms with Crippen molar-refractivity contribution in [1.29, 1.82) is 0 Å². The molecule has 1 N–H and O–H groups in total. The Morgan fingerprint density at radius 1 is 1.60 bits per heavy atom. The molecule has 0 radical (unpaired) electrons. The fraction of sp³-hybridized carbons (Fsp3) is 0.600. The van der Waals surface area contributed by atoms with Crippen LogP contribution in [-0.4, -0.2) is 23.3 Å². The topological polar surface area (TPSA) is 55.0 Å². The first-order valence-corrected chi connectivity index (χ1v) is 4.85. The Balaban J connectivity index is 0.00000112. The molecule has 1 aromatic rings. The third kappa shape index (κ3) is 2.00. The molecule has 15 heavy (non-hydrogen) atoms. The number of aromatic nitrogens is 2. The van der Waals surface area contributed by atoms with E-state index in [0.29, 0.717) is 0 Å². The van der Waals surface area contributed by atoms with E-state index < -0.39 is 0 Å². The number of hydrogen-bond acceptors (Lipinski definition) is 3. The van der Waals surface area contributed by atoms with E-state index in [9.17, 15) is 4.79 Å². The molecule has 0 saturated heterocycles. The summed E-state index contributed by atoms with van der Waals surface area (Å²) in [6, 6.07) is 0. The third-order valence-electron chi connectivity index (χ3n) is 2.84. The van der Waals surface area contributed by atoms with Crippen molar-refractivity contribution in [3.05, 3.63) is 17.0 Å². The molecule has 1 aliphatic rings. The molecule has 1 aromatic heterocycles. The summed E-state index contributed by atoms with van der Waals surface area (Å²) < 4.78 is 4.76. The van der Waals surface area contributed by atoms with Gasteiger partial charge in [0.1, 0.15) is 5.92 Å². The lowest BCUT2D eigenvalue weighted by molar-refractivity contribution is -0.142. The molecule has 5 heteroatoms. The van der Waals surface area contributed by atoms with E-state index in [0.717, 1.165) is 30.7 Å². The zero-order chi connectivity index (χ0) is 10.1. The highest BCUT2D eigenvalue weighted by Crippen LogP contribution is 2.32. The van der Waals surface area contributed by atoms with Gasteiger partial charge in [0.05, 0.1) is 12.8 Å². The number of ether oxygens (including phenoxy) is 1. The number of methoxy groups -OCH3 is 1. The minimum atomic E-state index is -0.169. The van der Waals surface area contributed by atoms with Gasteiger partial charge in [-0.1, -0.05) is 0 Å². The first kappa shape index (κ1) is 12.0. The number of hydrogen-bond donors (Lipinski definition) is 1. The van der Waals surface area contributed by atoms with Crippen LogP contribution >= 0.6 is 12.4 Å². The van der Waals surface area contributed by atoms with Crippen LogP contribution in [0.25, 0.3) is 0 Å². The molecule has 4 nitrogen and oxygen atoms in total. The second-order valence-electron chi connectivity index (χ2n) is 3.68. The minimum absolute atomic E-state index is 0. The molecule has 0 spiro atoms. The molecule has 0 aliphatic heterocycles. The Kier molecular flexibility index (Phi) is 3.74. The van der Waals surface area contributed by atoms with E-state index in [1.54, 1.807) is 0 Å². The number of halogens is 1. The predicted molar refractivity (Wildman–Crippen MR) is 58.3 cm³/mol. The molecule has 0 saturated carbocycles. The van der Waals surface area contributed by atoms with Gasteiger partial charge in [-0.2, -0.15) is 5.10 Å². The molecule has 1 heterocycles. The highest BCUT2D eigenvalue weighted by molar-refractivity contribution is 5.85. The second-order valence-corrected chi connectivity index (χ2v) is 3.68. The van der Waals surface area contributed by atoms with Crippen molar-refractivity contribution in [2.45, 2.75) is 32.1 Å². The Morgan fingerprint density at radius 3 is 3.00 bits per heavy atom. The van der Waals surface area contributed by atoms with Gasteiger partial charge in [0.2, 0.25) is 0 Å². The monoisotopic (exact) mass is 230 g/mol. The maximum atomic E-state index is 11.5. The summed E-state index contributed by atoms with van der Waals surface area (Å²) in [4.78, 5) is 11.5. The van der Waals surface area contributed by atoms with Gasteiger partial charge in [0.25, 0.3) is 0 Å². The molecule has 1 aliphatic carbocycles. The average molecular weight is 231 g/mol. The highest BCUT2D eigenvalue weighted by atomic mass is 35.5. The first-order valence-electron chi connectivity index (χ1n) is 4.85. The van der Waals surface area contributed by atoms with Crippen molar-refractivity contribution in [2.75, 3.05) is 7.11 Å². The van der Waals surface area contributed by atoms with Gasteiger partial charge in [-0.05, 0) is 31.7 Å². The van der Waals surface area contributed by atoms with Crippen LogP contribution < -0.4 is 0 Å². The summed E-state index contributed by atoms with van der Waals surface area (Å²) in [5.41, 5.74) is 3.17. The number of rotatable bonds is 1. The largest absolute Gasteiger partial charge is 0.469 e. The number of fused-ring (bicyclic) bond motifs is 1. The van der Waals surface area contributed by atoms with Crippen LogP contribution in [0.2, 0.25) is 0 Å². The second kappa shape index (κ2) is 4.66. The van der Waals surface area contributed by atoms with E-state index >= 15 is 0 Å².